The Labute approximate surface area is 121 Å². The van der Waals surface area contributed by atoms with Crippen molar-refractivity contribution in [3.63, 3.8) is 0 Å². The van der Waals surface area contributed by atoms with Gasteiger partial charge in [-0.15, -0.1) is 0 Å². The average Bonchev–Trinajstić information content (AvgIpc) is 2.92. The van der Waals surface area contributed by atoms with Crippen LogP contribution in [0.2, 0.25) is 0 Å². The van der Waals surface area contributed by atoms with Crippen molar-refractivity contribution < 1.29 is 4.39 Å². The highest BCUT2D eigenvalue weighted by atomic mass is 19.1. The van der Waals surface area contributed by atoms with Gasteiger partial charge < -0.3 is 10.7 Å². The van der Waals surface area contributed by atoms with Crippen molar-refractivity contribution in [2.45, 2.75) is 6.92 Å². The number of rotatable bonds is 4. The zero-order chi connectivity index (χ0) is 14.8. The van der Waals surface area contributed by atoms with Gasteiger partial charge in [-0.1, -0.05) is 6.07 Å². The van der Waals surface area contributed by atoms with Gasteiger partial charge in [0.2, 0.25) is 0 Å². The predicted octanol–water partition coefficient (Wildman–Crippen LogP) is 2.96. The topological polar surface area (TPSA) is 66.1 Å². The summed E-state index contributed by atoms with van der Waals surface area (Å²) in [5.74, 6) is 0.0353. The molecule has 0 amide bonds. The first-order valence-electron chi connectivity index (χ1n) is 6.62. The van der Waals surface area contributed by atoms with Crippen molar-refractivity contribution in [2.24, 2.45) is 0 Å². The molecule has 2 N–H and O–H groups in total. The van der Waals surface area contributed by atoms with E-state index in [0.717, 1.165) is 11.7 Å². The van der Waals surface area contributed by atoms with Crippen LogP contribution in [0.3, 0.4) is 0 Å². The van der Waals surface area contributed by atoms with Gasteiger partial charge in [0.05, 0.1) is 11.7 Å². The van der Waals surface area contributed by atoms with Crippen LogP contribution in [-0.2, 0) is 0 Å². The number of hydrogen-bond donors (Lipinski definition) is 2. The Balaban J connectivity index is 2.22. The van der Waals surface area contributed by atoms with Crippen LogP contribution in [0.4, 0.5) is 10.2 Å². The maximum atomic E-state index is 14.3. The van der Waals surface area contributed by atoms with Gasteiger partial charge in [-0.05, 0) is 25.1 Å². The zero-order valence-electron chi connectivity index (χ0n) is 11.5. The summed E-state index contributed by atoms with van der Waals surface area (Å²) in [6, 6.07) is 6.91. The Bertz CT molecular complexity index is 809. The van der Waals surface area contributed by atoms with Crippen LogP contribution in [-0.4, -0.2) is 27.4 Å². The standard InChI is InChI=1S/C15H14FN5/c1-2-18-15-10(8-17)7-12(16)14(20-15)11-9-19-21-6-4-3-5-13(11)21/h3-9,17H,2H2,1H3,(H,18,20). The van der Waals surface area contributed by atoms with Crippen molar-refractivity contribution in [1.82, 2.24) is 14.6 Å². The molecule has 3 rings (SSSR count). The summed E-state index contributed by atoms with van der Waals surface area (Å²) in [4.78, 5) is 4.33. The smallest absolute Gasteiger partial charge is 0.150 e. The Kier molecular flexibility index (Phi) is 3.35. The molecule has 0 radical (unpaired) electrons. The first-order valence-corrected chi connectivity index (χ1v) is 6.62. The highest BCUT2D eigenvalue weighted by molar-refractivity contribution is 5.87. The quantitative estimate of drug-likeness (QED) is 0.723. The lowest BCUT2D eigenvalue weighted by molar-refractivity contribution is 0.626. The second-order valence-electron chi connectivity index (χ2n) is 4.52. The number of nitrogens with one attached hydrogen (secondary N) is 2. The maximum absolute atomic E-state index is 14.3. The van der Waals surface area contributed by atoms with Crippen LogP contribution in [0.5, 0.6) is 0 Å². The molecule has 21 heavy (non-hydrogen) atoms. The van der Waals surface area contributed by atoms with Crippen LogP contribution < -0.4 is 5.32 Å². The summed E-state index contributed by atoms with van der Waals surface area (Å²) in [5.41, 5.74) is 2.07. The molecule has 3 aromatic rings. The van der Waals surface area contributed by atoms with E-state index in [4.69, 9.17) is 5.41 Å². The third-order valence-corrected chi connectivity index (χ3v) is 3.19. The summed E-state index contributed by atoms with van der Waals surface area (Å²) in [6.07, 6.45) is 4.49. The van der Waals surface area contributed by atoms with Crippen LogP contribution in [0.15, 0.2) is 36.7 Å². The number of fused-ring (bicyclic) bond motifs is 1. The molecule has 3 heterocycles. The Morgan fingerprint density at radius 1 is 1.43 bits per heavy atom. The molecule has 0 aliphatic rings. The summed E-state index contributed by atoms with van der Waals surface area (Å²) in [5, 5.41) is 14.6. The van der Waals surface area contributed by atoms with E-state index in [1.807, 2.05) is 25.1 Å². The second kappa shape index (κ2) is 5.32. The molecule has 0 aromatic carbocycles. The van der Waals surface area contributed by atoms with Gasteiger partial charge in [0.25, 0.3) is 0 Å². The van der Waals surface area contributed by atoms with E-state index in [9.17, 15) is 4.39 Å². The molecule has 0 bridgehead atoms. The molecule has 0 unspecified atom stereocenters. The van der Waals surface area contributed by atoms with Crippen molar-refractivity contribution in [3.05, 3.63) is 48.0 Å². The molecule has 3 aromatic heterocycles. The van der Waals surface area contributed by atoms with Gasteiger partial charge in [-0.3, -0.25) is 0 Å². The van der Waals surface area contributed by atoms with Gasteiger partial charge in [-0.2, -0.15) is 5.10 Å². The minimum absolute atomic E-state index is 0.234. The summed E-state index contributed by atoms with van der Waals surface area (Å²) < 4.78 is 16.0. The first-order chi connectivity index (χ1) is 10.2. The van der Waals surface area contributed by atoms with E-state index in [0.29, 0.717) is 23.5 Å². The average molecular weight is 283 g/mol. The maximum Gasteiger partial charge on any atom is 0.150 e. The van der Waals surface area contributed by atoms with Crippen LogP contribution in [0.25, 0.3) is 16.8 Å². The molecule has 5 nitrogen and oxygen atoms in total. The van der Waals surface area contributed by atoms with Gasteiger partial charge in [0.1, 0.15) is 17.3 Å². The third kappa shape index (κ3) is 2.24. The molecule has 0 spiro atoms. The molecule has 0 atom stereocenters. The minimum Gasteiger partial charge on any atom is -0.370 e. The van der Waals surface area contributed by atoms with Crippen LogP contribution in [0.1, 0.15) is 12.5 Å². The monoisotopic (exact) mass is 283 g/mol. The van der Waals surface area contributed by atoms with E-state index in [2.05, 4.69) is 15.4 Å². The lowest BCUT2D eigenvalue weighted by atomic mass is 10.1. The van der Waals surface area contributed by atoms with E-state index in [1.165, 1.54) is 6.07 Å². The molecule has 0 aliphatic heterocycles. The highest BCUT2D eigenvalue weighted by Gasteiger charge is 2.15. The van der Waals surface area contributed by atoms with Crippen molar-refractivity contribution in [2.75, 3.05) is 11.9 Å². The fourth-order valence-corrected chi connectivity index (χ4v) is 2.23. The summed E-state index contributed by atoms with van der Waals surface area (Å²) in [7, 11) is 0. The number of halogens is 1. The Morgan fingerprint density at radius 3 is 3.05 bits per heavy atom. The lowest BCUT2D eigenvalue weighted by Gasteiger charge is -2.09. The van der Waals surface area contributed by atoms with Crippen molar-refractivity contribution in [3.8, 4) is 11.3 Å². The normalized spacial score (nSPS) is 10.8. The van der Waals surface area contributed by atoms with Gasteiger partial charge in [0.15, 0.2) is 0 Å². The van der Waals surface area contributed by atoms with E-state index < -0.39 is 5.82 Å². The van der Waals surface area contributed by atoms with Crippen LogP contribution in [0, 0.1) is 11.2 Å². The van der Waals surface area contributed by atoms with Gasteiger partial charge in [-0.25, -0.2) is 13.9 Å². The number of hydrogen-bond acceptors (Lipinski definition) is 4. The molecule has 106 valence electrons. The molecule has 0 saturated carbocycles. The molecule has 0 fully saturated rings. The highest BCUT2D eigenvalue weighted by Crippen LogP contribution is 2.28. The van der Waals surface area contributed by atoms with E-state index in [1.54, 1.807) is 16.9 Å². The first kappa shape index (κ1) is 13.2. The molecular weight excluding hydrogens is 269 g/mol. The van der Waals surface area contributed by atoms with Crippen molar-refractivity contribution >= 4 is 17.5 Å². The fourth-order valence-electron chi connectivity index (χ4n) is 2.23. The molecule has 0 saturated heterocycles. The Hall–Kier alpha value is -2.76. The number of nitrogens with zero attached hydrogens (tertiary/aromatic N) is 3. The van der Waals surface area contributed by atoms with Gasteiger partial charge >= 0.3 is 0 Å². The third-order valence-electron chi connectivity index (χ3n) is 3.19. The lowest BCUT2D eigenvalue weighted by Crippen LogP contribution is -2.05. The fraction of sp³-hybridized carbons (Fsp3) is 0.133. The summed E-state index contributed by atoms with van der Waals surface area (Å²) >= 11 is 0. The largest absolute Gasteiger partial charge is 0.370 e. The molecule has 0 aliphatic carbocycles. The van der Waals surface area contributed by atoms with Crippen LogP contribution >= 0.6 is 0 Å². The summed E-state index contributed by atoms with van der Waals surface area (Å²) in [6.45, 7) is 2.57. The SMILES string of the molecule is CCNc1nc(-c2cnn3ccccc23)c(F)cc1C=N. The zero-order valence-corrected chi connectivity index (χ0v) is 11.5. The predicted molar refractivity (Wildman–Crippen MR) is 80.4 cm³/mol. The molecule has 6 heteroatoms. The van der Waals surface area contributed by atoms with E-state index in [-0.39, 0.29) is 5.69 Å². The minimum atomic E-state index is -0.464. The number of pyridine rings is 2. The Morgan fingerprint density at radius 2 is 2.29 bits per heavy atom. The second-order valence-corrected chi connectivity index (χ2v) is 4.52. The molecular formula is C15H14FN5. The number of anilines is 1. The number of aromatic nitrogens is 3. The van der Waals surface area contributed by atoms with Crippen molar-refractivity contribution in [1.29, 1.82) is 5.41 Å². The van der Waals surface area contributed by atoms with Gasteiger partial charge in [0, 0.05) is 30.1 Å². The van der Waals surface area contributed by atoms with E-state index >= 15 is 0 Å².